The highest BCUT2D eigenvalue weighted by Crippen LogP contribution is 2.33. The third kappa shape index (κ3) is 3.74. The summed E-state index contributed by atoms with van der Waals surface area (Å²) >= 11 is 18.4. The maximum Gasteiger partial charge on any atom is 0.336 e. The summed E-state index contributed by atoms with van der Waals surface area (Å²) in [6.45, 7) is 0.131. The van der Waals surface area contributed by atoms with Gasteiger partial charge in [-0.2, -0.15) is 0 Å². The average molecular weight is 432 g/mol. The Bertz CT molecular complexity index is 1220. The Balaban J connectivity index is 1.70. The van der Waals surface area contributed by atoms with E-state index in [4.69, 9.17) is 44.0 Å². The molecule has 3 nitrogen and oxygen atoms in total. The molecule has 6 heteroatoms. The van der Waals surface area contributed by atoms with E-state index in [-0.39, 0.29) is 6.61 Å². The lowest BCUT2D eigenvalue weighted by Gasteiger charge is -2.12. The monoisotopic (exact) mass is 430 g/mol. The van der Waals surface area contributed by atoms with Gasteiger partial charge in [-0.1, -0.05) is 65.1 Å². The highest BCUT2D eigenvalue weighted by Gasteiger charge is 2.12. The molecule has 0 amide bonds. The van der Waals surface area contributed by atoms with E-state index in [1.54, 1.807) is 24.3 Å². The molecule has 0 unspecified atom stereocenters. The van der Waals surface area contributed by atoms with Crippen LogP contribution in [0.4, 0.5) is 0 Å². The minimum Gasteiger partial charge on any atom is -0.489 e. The molecular weight excluding hydrogens is 419 g/mol. The Kier molecular flexibility index (Phi) is 5.31. The van der Waals surface area contributed by atoms with Gasteiger partial charge in [0.25, 0.3) is 0 Å². The van der Waals surface area contributed by atoms with Crippen LogP contribution in [-0.2, 0) is 6.61 Å². The van der Waals surface area contributed by atoms with Crippen LogP contribution in [0.5, 0.6) is 5.75 Å². The predicted octanol–water partition coefficient (Wildman–Crippen LogP) is 7.00. The molecule has 0 bridgehead atoms. The van der Waals surface area contributed by atoms with Gasteiger partial charge in [-0.05, 0) is 35.4 Å². The summed E-state index contributed by atoms with van der Waals surface area (Å²) in [4.78, 5) is 12.0. The minimum absolute atomic E-state index is 0.131. The predicted molar refractivity (Wildman–Crippen MR) is 114 cm³/mol. The van der Waals surface area contributed by atoms with E-state index in [9.17, 15) is 4.79 Å². The van der Waals surface area contributed by atoms with E-state index in [2.05, 4.69) is 0 Å². The van der Waals surface area contributed by atoms with Crippen molar-refractivity contribution in [2.75, 3.05) is 0 Å². The maximum absolute atomic E-state index is 12.0. The van der Waals surface area contributed by atoms with Crippen LogP contribution in [0.1, 0.15) is 5.56 Å². The molecule has 0 radical (unpaired) electrons. The number of ether oxygens (including phenoxy) is 1. The van der Waals surface area contributed by atoms with Gasteiger partial charge in [0.05, 0.1) is 10.0 Å². The van der Waals surface area contributed by atoms with Crippen LogP contribution >= 0.6 is 34.8 Å². The third-order valence-electron chi connectivity index (χ3n) is 4.32. The van der Waals surface area contributed by atoms with Gasteiger partial charge in [-0.25, -0.2) is 4.79 Å². The molecule has 0 fully saturated rings. The highest BCUT2D eigenvalue weighted by atomic mass is 35.5. The molecule has 4 rings (SSSR count). The Morgan fingerprint density at radius 2 is 1.61 bits per heavy atom. The van der Waals surface area contributed by atoms with Crippen molar-refractivity contribution in [1.82, 2.24) is 0 Å². The number of benzene rings is 3. The average Bonchev–Trinajstić information content (AvgIpc) is 2.70. The molecule has 0 aliphatic rings. The van der Waals surface area contributed by atoms with E-state index in [0.29, 0.717) is 32.0 Å². The summed E-state index contributed by atoms with van der Waals surface area (Å²) in [5.74, 6) is 0.521. The second-order valence-corrected chi connectivity index (χ2v) is 7.31. The van der Waals surface area contributed by atoms with Crippen molar-refractivity contribution in [2.24, 2.45) is 0 Å². The Morgan fingerprint density at radius 3 is 2.39 bits per heavy atom. The van der Waals surface area contributed by atoms with Crippen molar-refractivity contribution < 1.29 is 9.15 Å². The molecule has 1 heterocycles. The maximum atomic E-state index is 12.0. The summed E-state index contributed by atoms with van der Waals surface area (Å²) in [6, 6.07) is 19.8. The van der Waals surface area contributed by atoms with Crippen LogP contribution in [0.2, 0.25) is 15.1 Å². The largest absolute Gasteiger partial charge is 0.489 e. The summed E-state index contributed by atoms with van der Waals surface area (Å²) in [6.07, 6.45) is 0. The van der Waals surface area contributed by atoms with Crippen LogP contribution in [-0.4, -0.2) is 0 Å². The lowest BCUT2D eigenvalue weighted by atomic mass is 10.0. The molecule has 0 saturated heterocycles. The molecule has 0 atom stereocenters. The first-order valence-corrected chi connectivity index (χ1v) is 9.55. The van der Waals surface area contributed by atoms with Gasteiger partial charge < -0.3 is 9.15 Å². The fourth-order valence-electron chi connectivity index (χ4n) is 2.95. The number of fused-ring (bicyclic) bond motifs is 1. The van der Waals surface area contributed by atoms with Gasteiger partial charge in [0.1, 0.15) is 17.9 Å². The number of hydrogen-bond acceptors (Lipinski definition) is 3. The van der Waals surface area contributed by atoms with Gasteiger partial charge in [0.2, 0.25) is 0 Å². The Labute approximate surface area is 176 Å². The van der Waals surface area contributed by atoms with Crippen molar-refractivity contribution in [3.8, 4) is 16.9 Å². The molecule has 0 saturated carbocycles. The molecule has 0 N–H and O–H groups in total. The lowest BCUT2D eigenvalue weighted by molar-refractivity contribution is 0.306. The molecule has 0 aliphatic carbocycles. The second-order valence-electron chi connectivity index (χ2n) is 6.11. The fourth-order valence-corrected chi connectivity index (χ4v) is 3.60. The smallest absolute Gasteiger partial charge is 0.336 e. The number of rotatable bonds is 4. The molecule has 28 heavy (non-hydrogen) atoms. The minimum atomic E-state index is -0.426. The van der Waals surface area contributed by atoms with Gasteiger partial charge >= 0.3 is 5.63 Å². The van der Waals surface area contributed by atoms with Crippen molar-refractivity contribution in [3.05, 3.63) is 97.8 Å². The molecule has 140 valence electrons. The first kappa shape index (κ1) is 18.9. The normalized spacial score (nSPS) is 11.0. The van der Waals surface area contributed by atoms with Crippen LogP contribution in [0, 0.1) is 0 Å². The van der Waals surface area contributed by atoms with E-state index >= 15 is 0 Å². The molecule has 3 aromatic carbocycles. The van der Waals surface area contributed by atoms with Crippen molar-refractivity contribution in [2.45, 2.75) is 6.61 Å². The highest BCUT2D eigenvalue weighted by molar-refractivity contribution is 6.44. The SMILES string of the molecule is O=c1cc(-c2ccccc2)c2ccc(OCc3c(Cl)ccc(Cl)c3Cl)cc2o1. The molecular formula is C22H13Cl3O3. The van der Waals surface area contributed by atoms with Crippen LogP contribution in [0.15, 0.2) is 75.9 Å². The van der Waals surface area contributed by atoms with Crippen molar-refractivity contribution in [3.63, 3.8) is 0 Å². The Morgan fingerprint density at radius 1 is 0.857 bits per heavy atom. The zero-order valence-electron chi connectivity index (χ0n) is 14.4. The number of hydrogen-bond donors (Lipinski definition) is 0. The van der Waals surface area contributed by atoms with Crippen molar-refractivity contribution in [1.29, 1.82) is 0 Å². The summed E-state index contributed by atoms with van der Waals surface area (Å²) in [7, 11) is 0. The zero-order valence-corrected chi connectivity index (χ0v) is 16.7. The van der Waals surface area contributed by atoms with Crippen molar-refractivity contribution >= 4 is 45.8 Å². The topological polar surface area (TPSA) is 39.4 Å². The molecule has 4 aromatic rings. The van der Waals surface area contributed by atoms with Crippen LogP contribution in [0.25, 0.3) is 22.1 Å². The molecule has 0 spiro atoms. The molecule has 0 aliphatic heterocycles. The van der Waals surface area contributed by atoms with E-state index in [1.165, 1.54) is 6.07 Å². The van der Waals surface area contributed by atoms with E-state index in [0.717, 1.165) is 16.5 Å². The standard InChI is InChI=1S/C22H13Cl3O3/c23-18-8-9-19(24)22(25)17(18)12-27-14-6-7-15-16(13-4-2-1-3-5-13)11-21(26)28-20(15)10-14/h1-11H,12H2. The van der Waals surface area contributed by atoms with Crippen LogP contribution in [0.3, 0.4) is 0 Å². The van der Waals surface area contributed by atoms with Gasteiger partial charge in [-0.3, -0.25) is 0 Å². The lowest BCUT2D eigenvalue weighted by Crippen LogP contribution is -2.00. The summed E-state index contributed by atoms with van der Waals surface area (Å²) in [5.41, 5.74) is 2.35. The zero-order chi connectivity index (χ0) is 19.7. The Hall–Kier alpha value is -2.46. The first-order valence-electron chi connectivity index (χ1n) is 8.41. The second kappa shape index (κ2) is 7.88. The number of halogens is 3. The van der Waals surface area contributed by atoms with Crippen LogP contribution < -0.4 is 10.4 Å². The quantitative estimate of drug-likeness (QED) is 0.258. The van der Waals surface area contributed by atoms with Gasteiger partial charge in [0.15, 0.2) is 0 Å². The first-order chi connectivity index (χ1) is 13.5. The molecule has 1 aromatic heterocycles. The summed E-state index contributed by atoms with van der Waals surface area (Å²) in [5, 5.41) is 2.04. The van der Waals surface area contributed by atoms with Gasteiger partial charge in [-0.15, -0.1) is 0 Å². The fraction of sp³-hybridized carbons (Fsp3) is 0.0455. The third-order valence-corrected chi connectivity index (χ3v) is 5.52. The van der Waals surface area contributed by atoms with Gasteiger partial charge in [0, 0.05) is 28.1 Å². The summed E-state index contributed by atoms with van der Waals surface area (Å²) < 4.78 is 11.2. The van der Waals surface area contributed by atoms with E-state index < -0.39 is 5.63 Å². The van der Waals surface area contributed by atoms with E-state index in [1.807, 2.05) is 36.4 Å².